The molecule has 21 heavy (non-hydrogen) atoms. The van der Waals surface area contributed by atoms with E-state index in [4.69, 9.17) is 9.15 Å². The van der Waals surface area contributed by atoms with Crippen molar-refractivity contribution in [1.82, 2.24) is 10.6 Å². The molecule has 1 aromatic rings. The van der Waals surface area contributed by atoms with Crippen molar-refractivity contribution in [2.24, 2.45) is 0 Å². The fourth-order valence-electron chi connectivity index (χ4n) is 2.66. The van der Waals surface area contributed by atoms with Crippen molar-refractivity contribution < 1.29 is 13.9 Å². The van der Waals surface area contributed by atoms with Gasteiger partial charge in [0.15, 0.2) is 0 Å². The van der Waals surface area contributed by atoms with E-state index in [9.17, 15) is 4.79 Å². The molecule has 3 unspecified atom stereocenters. The maximum Gasteiger partial charge on any atom is 0.315 e. The van der Waals surface area contributed by atoms with Gasteiger partial charge in [0.05, 0.1) is 12.1 Å². The van der Waals surface area contributed by atoms with Crippen molar-refractivity contribution in [3.63, 3.8) is 0 Å². The van der Waals surface area contributed by atoms with Crippen molar-refractivity contribution in [3.8, 4) is 0 Å². The molecule has 1 saturated heterocycles. The van der Waals surface area contributed by atoms with E-state index in [0.29, 0.717) is 17.8 Å². The molecule has 0 spiro atoms. The summed E-state index contributed by atoms with van der Waals surface area (Å²) in [4.78, 5) is 12.1. The topological polar surface area (TPSA) is 63.5 Å². The predicted octanol–water partition coefficient (Wildman–Crippen LogP) is 1.34. The Morgan fingerprint density at radius 3 is 2.71 bits per heavy atom. The summed E-state index contributed by atoms with van der Waals surface area (Å²) in [7, 11) is 0. The van der Waals surface area contributed by atoms with Gasteiger partial charge in [-0.05, 0) is 39.2 Å². The van der Waals surface area contributed by atoms with Crippen LogP contribution in [0.5, 0.6) is 0 Å². The molecule has 0 radical (unpaired) electrons. The van der Waals surface area contributed by atoms with E-state index in [1.54, 1.807) is 0 Å². The highest BCUT2D eigenvalue weighted by atomic mass is 16.5. The van der Waals surface area contributed by atoms with Crippen LogP contribution in [0.2, 0.25) is 0 Å². The normalized spacial score (nSPS) is 23.6. The Kier molecular flexibility index (Phi) is 4.73. The third kappa shape index (κ3) is 3.67. The SMILES string of the molecule is C=c1oc(C(C)NC(=O)NC2CCOC(C)C2)c(C)c1=C. The lowest BCUT2D eigenvalue weighted by atomic mass is 10.0. The van der Waals surface area contributed by atoms with Gasteiger partial charge < -0.3 is 19.8 Å². The van der Waals surface area contributed by atoms with Crippen LogP contribution in [-0.2, 0) is 4.74 Å². The monoisotopic (exact) mass is 292 g/mol. The fourth-order valence-corrected chi connectivity index (χ4v) is 2.66. The van der Waals surface area contributed by atoms with Gasteiger partial charge in [0.1, 0.15) is 11.2 Å². The number of carbonyl (C=O) groups excluding carboxylic acids is 1. The molecule has 2 amide bonds. The predicted molar refractivity (Wildman–Crippen MR) is 82.3 cm³/mol. The number of hydrogen-bond donors (Lipinski definition) is 2. The summed E-state index contributed by atoms with van der Waals surface area (Å²) < 4.78 is 11.0. The Balaban J connectivity index is 1.94. The number of nitrogens with one attached hydrogen (secondary N) is 2. The minimum Gasteiger partial charge on any atom is -0.459 e. The maximum atomic E-state index is 12.1. The molecule has 0 bridgehead atoms. The summed E-state index contributed by atoms with van der Waals surface area (Å²) in [5.41, 5.74) is 1.49. The second-order valence-corrected chi connectivity index (χ2v) is 5.74. The summed E-state index contributed by atoms with van der Waals surface area (Å²) in [6.45, 7) is 14.2. The summed E-state index contributed by atoms with van der Waals surface area (Å²) in [5.74, 6) is 0.709. The molecule has 1 aliphatic rings. The minimum absolute atomic E-state index is 0.158. The summed E-state index contributed by atoms with van der Waals surface area (Å²) in [6.07, 6.45) is 1.88. The zero-order valence-electron chi connectivity index (χ0n) is 13.0. The van der Waals surface area contributed by atoms with Crippen molar-refractivity contribution in [1.29, 1.82) is 0 Å². The first-order valence-corrected chi connectivity index (χ1v) is 7.34. The van der Waals surface area contributed by atoms with Crippen LogP contribution in [-0.4, -0.2) is 24.8 Å². The average molecular weight is 292 g/mol. The lowest BCUT2D eigenvalue weighted by Crippen LogP contribution is -2.46. The molecular weight excluding hydrogens is 268 g/mol. The van der Waals surface area contributed by atoms with Crippen LogP contribution < -0.4 is 21.3 Å². The molecule has 0 aliphatic carbocycles. The number of carbonyl (C=O) groups is 1. The van der Waals surface area contributed by atoms with E-state index < -0.39 is 0 Å². The highest BCUT2D eigenvalue weighted by molar-refractivity contribution is 5.74. The van der Waals surface area contributed by atoms with Crippen molar-refractivity contribution >= 4 is 19.2 Å². The van der Waals surface area contributed by atoms with Crippen molar-refractivity contribution in [2.45, 2.75) is 51.8 Å². The largest absolute Gasteiger partial charge is 0.459 e. The Hall–Kier alpha value is -1.75. The van der Waals surface area contributed by atoms with Crippen LogP contribution in [0, 0.1) is 6.92 Å². The molecule has 2 N–H and O–H groups in total. The van der Waals surface area contributed by atoms with E-state index in [1.165, 1.54) is 0 Å². The molecule has 5 heteroatoms. The van der Waals surface area contributed by atoms with Gasteiger partial charge >= 0.3 is 6.03 Å². The molecule has 2 heterocycles. The molecule has 1 aromatic heterocycles. The van der Waals surface area contributed by atoms with Crippen LogP contribution >= 0.6 is 0 Å². The summed E-state index contributed by atoms with van der Waals surface area (Å²) in [5, 5.41) is 6.68. The van der Waals surface area contributed by atoms with Crippen molar-refractivity contribution in [2.75, 3.05) is 6.61 Å². The molecular formula is C16H24N2O3. The third-order valence-electron chi connectivity index (χ3n) is 3.95. The van der Waals surface area contributed by atoms with E-state index in [-0.39, 0.29) is 24.2 Å². The van der Waals surface area contributed by atoms with E-state index in [2.05, 4.69) is 23.8 Å². The summed E-state index contributed by atoms with van der Waals surface area (Å²) in [6, 6.07) is -0.252. The molecule has 1 aliphatic heterocycles. The molecule has 116 valence electrons. The standard InChI is InChI=1S/C16H24N2O3/c1-9-8-14(6-7-20-9)18-16(19)17-12(4)15-11(3)10(2)13(5)21-15/h9,12,14H,2,5-8H2,1,3-4H3,(H2,17,18,19). The van der Waals surface area contributed by atoms with Gasteiger partial charge in [0.2, 0.25) is 0 Å². The summed E-state index contributed by atoms with van der Waals surface area (Å²) >= 11 is 0. The van der Waals surface area contributed by atoms with Gasteiger partial charge in [-0.25, -0.2) is 4.79 Å². The maximum absolute atomic E-state index is 12.1. The van der Waals surface area contributed by atoms with Crippen LogP contribution in [0.1, 0.15) is 44.1 Å². The van der Waals surface area contributed by atoms with Gasteiger partial charge in [-0.1, -0.05) is 13.2 Å². The van der Waals surface area contributed by atoms with Crippen LogP contribution in [0.15, 0.2) is 4.42 Å². The number of rotatable bonds is 3. The molecule has 0 saturated carbocycles. The first kappa shape index (κ1) is 15.6. The van der Waals surface area contributed by atoms with Gasteiger partial charge in [-0.2, -0.15) is 0 Å². The number of ether oxygens (including phenoxy) is 1. The highest BCUT2D eigenvalue weighted by Crippen LogP contribution is 2.15. The van der Waals surface area contributed by atoms with Crippen molar-refractivity contribution in [3.05, 3.63) is 22.0 Å². The van der Waals surface area contributed by atoms with Crippen LogP contribution in [0.25, 0.3) is 13.2 Å². The quantitative estimate of drug-likeness (QED) is 0.883. The molecule has 3 atom stereocenters. The smallest absolute Gasteiger partial charge is 0.315 e. The Morgan fingerprint density at radius 1 is 1.43 bits per heavy atom. The van der Waals surface area contributed by atoms with Gasteiger partial charge in [0, 0.05) is 17.9 Å². The molecule has 2 rings (SSSR count). The molecule has 0 aromatic carbocycles. The van der Waals surface area contributed by atoms with Gasteiger partial charge in [0.25, 0.3) is 0 Å². The fraction of sp³-hybridized carbons (Fsp3) is 0.562. The lowest BCUT2D eigenvalue weighted by Gasteiger charge is -2.28. The average Bonchev–Trinajstić information content (AvgIpc) is 2.66. The number of furan rings is 1. The van der Waals surface area contributed by atoms with E-state index in [1.807, 2.05) is 20.8 Å². The number of amides is 2. The van der Waals surface area contributed by atoms with E-state index in [0.717, 1.165) is 23.6 Å². The second-order valence-electron chi connectivity index (χ2n) is 5.74. The number of urea groups is 1. The van der Waals surface area contributed by atoms with E-state index >= 15 is 0 Å². The van der Waals surface area contributed by atoms with Gasteiger partial charge in [-0.15, -0.1) is 0 Å². The Morgan fingerprint density at radius 2 is 2.14 bits per heavy atom. The second kappa shape index (κ2) is 6.35. The molecule has 5 nitrogen and oxygen atoms in total. The first-order chi connectivity index (χ1) is 9.88. The Labute approximate surface area is 125 Å². The molecule has 1 fully saturated rings. The van der Waals surface area contributed by atoms with Crippen LogP contribution in [0.4, 0.5) is 4.79 Å². The minimum atomic E-state index is -0.224. The Bertz CT molecular complexity index is 608. The lowest BCUT2D eigenvalue weighted by molar-refractivity contribution is 0.0153. The van der Waals surface area contributed by atoms with Gasteiger partial charge in [-0.3, -0.25) is 0 Å². The zero-order valence-corrected chi connectivity index (χ0v) is 13.0. The third-order valence-corrected chi connectivity index (χ3v) is 3.95. The first-order valence-electron chi connectivity index (χ1n) is 7.34. The number of hydrogen-bond acceptors (Lipinski definition) is 3. The highest BCUT2D eigenvalue weighted by Gasteiger charge is 2.22. The van der Waals surface area contributed by atoms with Crippen LogP contribution in [0.3, 0.4) is 0 Å². The zero-order chi connectivity index (χ0) is 15.6.